The highest BCUT2D eigenvalue weighted by Gasteiger charge is 2.38. The second-order valence-electron chi connectivity index (χ2n) is 33.6. The summed E-state index contributed by atoms with van der Waals surface area (Å²) in [6.07, 6.45) is 2.32. The van der Waals surface area contributed by atoms with Crippen LogP contribution in [0.1, 0.15) is 249 Å². The minimum atomic E-state index is 0.0297. The molecule has 0 bridgehead atoms. The van der Waals surface area contributed by atoms with E-state index < -0.39 is 0 Å². The molecular weight excluding hydrogens is 1150 g/mol. The number of morpholine rings is 8. The Morgan fingerprint density at radius 2 is 0.826 bits per heavy atom. The molecule has 0 amide bonds. The molecule has 0 radical (unpaired) electrons. The SMILES string of the molecule is CC(C)N1C(C)COCC1(C)C.CC(C)N1C(C)COCC1C.CC(C)N1CCOC(C)(C)C1.CC(C)N1CCOCC1(C)C.CC1CN(C(C)C)C(C)C(C)O1.CC1CN(C(C)C)CC(C)(C)O1.CC1CN(C(C)C)CC(C)O1.CC1OCC(C)N(C(C)C)C1C. The average molecular weight is 1310 g/mol. The second-order valence-corrected chi connectivity index (χ2v) is 33.6. The molecule has 16 nitrogen and oxygen atoms in total. The molecule has 12 atom stereocenters. The molecule has 8 fully saturated rings. The second kappa shape index (κ2) is 41.8. The molecule has 0 saturated carbocycles. The van der Waals surface area contributed by atoms with Crippen molar-refractivity contribution in [1.29, 1.82) is 0 Å². The fourth-order valence-corrected chi connectivity index (χ4v) is 15.4. The van der Waals surface area contributed by atoms with Crippen molar-refractivity contribution in [2.75, 3.05) is 105 Å². The van der Waals surface area contributed by atoms with Crippen LogP contribution in [0.25, 0.3) is 0 Å². The van der Waals surface area contributed by atoms with Crippen LogP contribution >= 0.6 is 0 Å². The van der Waals surface area contributed by atoms with Crippen LogP contribution in [0.4, 0.5) is 0 Å². The van der Waals surface area contributed by atoms with E-state index in [1.54, 1.807) is 0 Å². The van der Waals surface area contributed by atoms with Gasteiger partial charge in [0.1, 0.15) is 0 Å². The molecule has 8 aliphatic heterocycles. The number of nitrogens with zero attached hydrogens (tertiary/aromatic N) is 8. The first-order valence-electron chi connectivity index (χ1n) is 37.2. The summed E-state index contributed by atoms with van der Waals surface area (Å²) in [6, 6.07) is 8.47. The highest BCUT2D eigenvalue weighted by Crippen LogP contribution is 2.28. The zero-order chi connectivity index (χ0) is 71.1. The largest absolute Gasteiger partial charge is 0.378 e. The van der Waals surface area contributed by atoms with Crippen molar-refractivity contribution in [3.05, 3.63) is 0 Å². The third-order valence-electron chi connectivity index (χ3n) is 19.5. The van der Waals surface area contributed by atoms with E-state index in [0.29, 0.717) is 121 Å². The smallest absolute Gasteiger partial charge is 0.0757 e. The lowest BCUT2D eigenvalue weighted by molar-refractivity contribution is -0.135. The van der Waals surface area contributed by atoms with Gasteiger partial charge in [0.05, 0.1) is 101 Å². The summed E-state index contributed by atoms with van der Waals surface area (Å²) in [7, 11) is 0. The van der Waals surface area contributed by atoms with Gasteiger partial charge in [0.15, 0.2) is 0 Å². The van der Waals surface area contributed by atoms with Crippen LogP contribution in [0.2, 0.25) is 0 Å². The number of hydrogen-bond donors (Lipinski definition) is 0. The standard InChI is InChI=1S/4C10H21NO.4C9H19NO/c1-8(2)11-9(3)6-12-7-10(11,4)5;1-8(2)11-6-9(3)12-10(4,5)7-11;1-7(2)11-8(3)6-12-10(5)9(11)4;1-7(2)11-6-8(3)12-10(5)9(11)4;1-7(2)10-8(3)5-11-6-9(10)4;1-7(2)10-5-8(3)11-9(4)6-10;1-8(2)10-5-6-11-7-9(10,3)4;1-8(2)10-5-6-11-9(3,4)7-10/h2*8-9H,6-7H2,1-5H3;2*7-10H,6H2,1-5H3;2*7-9H,5-6H2,1-4H3;2*8H,5-7H2,1-4H3. The molecule has 16 heteroatoms. The Bertz CT molecular complexity index is 1870. The summed E-state index contributed by atoms with van der Waals surface area (Å²) in [4.78, 5) is 20.0. The lowest BCUT2D eigenvalue weighted by atomic mass is 9.97. The van der Waals surface area contributed by atoms with E-state index in [1.165, 1.54) is 0 Å². The molecule has 552 valence electrons. The first kappa shape index (κ1) is 89.4. The van der Waals surface area contributed by atoms with E-state index in [9.17, 15) is 0 Å². The summed E-state index contributed by atoms with van der Waals surface area (Å²) in [5.74, 6) is 0. The molecule has 0 aromatic carbocycles. The maximum absolute atomic E-state index is 5.81. The van der Waals surface area contributed by atoms with Gasteiger partial charge in [-0.05, 0) is 249 Å². The Kier molecular flexibility index (Phi) is 40.6. The zero-order valence-corrected chi connectivity index (χ0v) is 67.7. The van der Waals surface area contributed by atoms with Crippen molar-refractivity contribution < 1.29 is 37.9 Å². The Morgan fingerprint density at radius 1 is 0.359 bits per heavy atom. The third kappa shape index (κ3) is 32.1. The van der Waals surface area contributed by atoms with E-state index in [0.717, 1.165) is 105 Å². The van der Waals surface area contributed by atoms with Crippen molar-refractivity contribution in [3.8, 4) is 0 Å². The van der Waals surface area contributed by atoms with Gasteiger partial charge >= 0.3 is 0 Å². The fraction of sp³-hybridized carbons (Fsp3) is 1.00. The van der Waals surface area contributed by atoms with Crippen molar-refractivity contribution in [2.45, 2.75) is 393 Å². The van der Waals surface area contributed by atoms with E-state index in [1.807, 2.05) is 0 Å². The summed E-state index contributed by atoms with van der Waals surface area (Å²) >= 11 is 0. The van der Waals surface area contributed by atoms with E-state index >= 15 is 0 Å². The lowest BCUT2D eigenvalue weighted by Crippen LogP contribution is -2.59. The molecule has 0 aliphatic carbocycles. The van der Waals surface area contributed by atoms with Crippen molar-refractivity contribution in [3.63, 3.8) is 0 Å². The van der Waals surface area contributed by atoms with Gasteiger partial charge in [0.2, 0.25) is 0 Å². The summed E-state index contributed by atoms with van der Waals surface area (Å²) in [5.41, 5.74) is 0.517. The highest BCUT2D eigenvalue weighted by molar-refractivity contribution is 4.92. The van der Waals surface area contributed by atoms with Crippen LogP contribution in [0, 0.1) is 0 Å². The first-order valence-corrected chi connectivity index (χ1v) is 37.2. The highest BCUT2D eigenvalue weighted by atomic mass is 16.5. The maximum Gasteiger partial charge on any atom is 0.0757 e. The molecule has 8 rings (SSSR count). The normalized spacial score (nSPS) is 32.7. The van der Waals surface area contributed by atoms with Gasteiger partial charge < -0.3 is 37.9 Å². The Hall–Kier alpha value is -0.640. The molecule has 0 spiro atoms. The first-order chi connectivity index (χ1) is 42.2. The molecule has 8 heterocycles. The van der Waals surface area contributed by atoms with E-state index in [2.05, 4.69) is 288 Å². The predicted molar refractivity (Wildman–Crippen MR) is 392 cm³/mol. The monoisotopic (exact) mass is 1310 g/mol. The summed E-state index contributed by atoms with van der Waals surface area (Å²) in [6.45, 7) is 95.5. The zero-order valence-electron chi connectivity index (χ0n) is 67.7. The van der Waals surface area contributed by atoms with Crippen molar-refractivity contribution in [1.82, 2.24) is 39.2 Å². The van der Waals surface area contributed by atoms with Gasteiger partial charge in [-0.1, -0.05) is 0 Å². The van der Waals surface area contributed by atoms with Gasteiger partial charge in [-0.25, -0.2) is 0 Å². The number of ether oxygens (including phenoxy) is 8. The van der Waals surface area contributed by atoms with Crippen LogP contribution < -0.4 is 0 Å². The maximum atomic E-state index is 5.81. The van der Waals surface area contributed by atoms with Gasteiger partial charge in [-0.15, -0.1) is 0 Å². The van der Waals surface area contributed by atoms with Crippen LogP contribution in [0.15, 0.2) is 0 Å². The van der Waals surface area contributed by atoms with Crippen LogP contribution in [0.5, 0.6) is 0 Å². The van der Waals surface area contributed by atoms with Crippen molar-refractivity contribution >= 4 is 0 Å². The minimum Gasteiger partial charge on any atom is -0.378 e. The molecule has 0 aromatic heterocycles. The van der Waals surface area contributed by atoms with Gasteiger partial charge in [0.25, 0.3) is 0 Å². The van der Waals surface area contributed by atoms with Gasteiger partial charge in [-0.3, -0.25) is 39.2 Å². The quantitative estimate of drug-likeness (QED) is 0.230. The Labute approximate surface area is 572 Å². The van der Waals surface area contributed by atoms with E-state index in [-0.39, 0.29) is 22.3 Å². The third-order valence-corrected chi connectivity index (χ3v) is 19.5. The van der Waals surface area contributed by atoms with Gasteiger partial charge in [0, 0.05) is 148 Å². The van der Waals surface area contributed by atoms with Crippen LogP contribution in [-0.2, 0) is 37.9 Å². The topological polar surface area (TPSA) is 99.8 Å². The average Bonchev–Trinajstić information content (AvgIpc) is 0.850. The molecule has 12 unspecified atom stereocenters. The molecule has 0 aromatic rings. The molecule has 8 saturated heterocycles. The number of rotatable bonds is 8. The summed E-state index contributed by atoms with van der Waals surface area (Å²) < 4.78 is 44.8. The Balaban J connectivity index is 0.000000526. The number of hydrogen-bond acceptors (Lipinski definition) is 16. The summed E-state index contributed by atoms with van der Waals surface area (Å²) in [5, 5.41) is 0. The predicted octanol–water partition coefficient (Wildman–Crippen LogP) is 13.6. The molecule has 0 N–H and O–H groups in total. The molecule has 8 aliphatic rings. The fourth-order valence-electron chi connectivity index (χ4n) is 15.4. The van der Waals surface area contributed by atoms with Crippen molar-refractivity contribution in [2.24, 2.45) is 0 Å². The van der Waals surface area contributed by atoms with E-state index in [4.69, 9.17) is 37.9 Å². The molecular formula is C76H160N8O8. The van der Waals surface area contributed by atoms with Crippen LogP contribution in [-0.4, -0.2) is 288 Å². The lowest BCUT2D eigenvalue weighted by Gasteiger charge is -2.48. The van der Waals surface area contributed by atoms with Gasteiger partial charge in [-0.2, -0.15) is 0 Å². The minimum absolute atomic E-state index is 0.0297. The van der Waals surface area contributed by atoms with Crippen LogP contribution in [0.3, 0.4) is 0 Å². The molecule has 92 heavy (non-hydrogen) atoms. The Morgan fingerprint density at radius 3 is 1.21 bits per heavy atom.